The van der Waals surface area contributed by atoms with Gasteiger partial charge in [-0.25, -0.2) is 0 Å². The van der Waals surface area contributed by atoms with Gasteiger partial charge in [0.1, 0.15) is 5.75 Å². The van der Waals surface area contributed by atoms with E-state index in [1.54, 1.807) is 0 Å². The average Bonchev–Trinajstić information content (AvgIpc) is 2.30. The van der Waals surface area contributed by atoms with Gasteiger partial charge in [0.2, 0.25) is 0 Å². The van der Waals surface area contributed by atoms with Crippen LogP contribution < -0.4 is 4.74 Å². The van der Waals surface area contributed by atoms with Gasteiger partial charge in [-0.2, -0.15) is 11.8 Å². The molecule has 0 heterocycles. The van der Waals surface area contributed by atoms with Crippen molar-refractivity contribution in [1.29, 1.82) is 0 Å². The van der Waals surface area contributed by atoms with Crippen molar-refractivity contribution < 1.29 is 4.74 Å². The highest BCUT2D eigenvalue weighted by Crippen LogP contribution is 2.26. The molecule has 90 valence electrons. The molecule has 0 atom stereocenters. The number of thioether (sulfide) groups is 1. The zero-order valence-electron chi connectivity index (χ0n) is 9.34. The van der Waals surface area contributed by atoms with Crippen molar-refractivity contribution >= 4 is 39.3 Å². The number of hydrogen-bond acceptors (Lipinski definition) is 2. The van der Waals surface area contributed by atoms with Crippen LogP contribution in [0.3, 0.4) is 0 Å². The molecule has 0 aliphatic carbocycles. The van der Waals surface area contributed by atoms with Crippen LogP contribution in [-0.4, -0.2) is 18.1 Å². The number of rotatable bonds is 7. The van der Waals surface area contributed by atoms with Crippen LogP contribution in [-0.2, 0) is 5.33 Å². The fraction of sp³-hybridized carbons (Fsp3) is 0.500. The minimum Gasteiger partial charge on any atom is -0.492 e. The molecular formula is C12H16BrClOS. The highest BCUT2D eigenvalue weighted by Gasteiger charge is 2.02. The van der Waals surface area contributed by atoms with Gasteiger partial charge in [-0.1, -0.05) is 40.5 Å². The first kappa shape index (κ1) is 14.2. The molecule has 16 heavy (non-hydrogen) atoms. The molecular weight excluding hydrogens is 308 g/mol. The van der Waals surface area contributed by atoms with Crippen LogP contribution in [0.25, 0.3) is 0 Å². The van der Waals surface area contributed by atoms with Gasteiger partial charge in [-0.15, -0.1) is 0 Å². The maximum absolute atomic E-state index is 6.10. The Morgan fingerprint density at radius 2 is 2.25 bits per heavy atom. The molecule has 1 rings (SSSR count). The van der Waals surface area contributed by atoms with E-state index < -0.39 is 0 Å². The van der Waals surface area contributed by atoms with Crippen molar-refractivity contribution in [1.82, 2.24) is 0 Å². The Kier molecular flexibility index (Phi) is 7.33. The highest BCUT2D eigenvalue weighted by molar-refractivity contribution is 9.08. The van der Waals surface area contributed by atoms with Crippen LogP contribution in [0.5, 0.6) is 5.75 Å². The van der Waals surface area contributed by atoms with Crippen molar-refractivity contribution in [2.45, 2.75) is 18.7 Å². The van der Waals surface area contributed by atoms with Crippen molar-refractivity contribution in [2.24, 2.45) is 0 Å². The molecule has 0 radical (unpaired) electrons. The smallest absolute Gasteiger partial charge is 0.137 e. The van der Waals surface area contributed by atoms with Gasteiger partial charge < -0.3 is 4.74 Å². The Hall–Kier alpha value is 0.140. The third-order valence-corrected chi connectivity index (χ3v) is 3.97. The summed E-state index contributed by atoms with van der Waals surface area (Å²) in [6, 6.07) is 5.90. The van der Waals surface area contributed by atoms with E-state index in [2.05, 4.69) is 22.9 Å². The second-order valence-corrected chi connectivity index (χ2v) is 5.66. The zero-order valence-corrected chi connectivity index (χ0v) is 12.5. The molecule has 0 unspecified atom stereocenters. The number of ether oxygens (including phenoxy) is 1. The zero-order chi connectivity index (χ0) is 11.8. The quantitative estimate of drug-likeness (QED) is 0.528. The van der Waals surface area contributed by atoms with E-state index in [0.717, 1.165) is 29.9 Å². The van der Waals surface area contributed by atoms with Crippen LogP contribution in [0.2, 0.25) is 5.02 Å². The Balaban J connectivity index is 2.36. The standard InChI is InChI=1S/C12H16BrClOS/c1-2-16-7-3-6-15-12-5-4-10(9-13)8-11(12)14/h4-5,8H,2-3,6-7,9H2,1H3. The molecule has 1 aromatic rings. The highest BCUT2D eigenvalue weighted by atomic mass is 79.9. The summed E-state index contributed by atoms with van der Waals surface area (Å²) in [4.78, 5) is 0. The van der Waals surface area contributed by atoms with E-state index in [9.17, 15) is 0 Å². The summed E-state index contributed by atoms with van der Waals surface area (Å²) in [6.07, 6.45) is 1.06. The number of benzene rings is 1. The van der Waals surface area contributed by atoms with Gasteiger partial charge in [-0.3, -0.25) is 0 Å². The number of alkyl halides is 1. The molecule has 1 nitrogen and oxygen atoms in total. The SMILES string of the molecule is CCSCCCOc1ccc(CBr)cc1Cl. The third-order valence-electron chi connectivity index (χ3n) is 2.05. The Morgan fingerprint density at radius 1 is 1.44 bits per heavy atom. The van der Waals surface area contributed by atoms with E-state index in [4.69, 9.17) is 16.3 Å². The molecule has 0 fully saturated rings. The van der Waals surface area contributed by atoms with Crippen LogP contribution in [0.1, 0.15) is 18.9 Å². The largest absolute Gasteiger partial charge is 0.492 e. The lowest BCUT2D eigenvalue weighted by molar-refractivity contribution is 0.319. The fourth-order valence-corrected chi connectivity index (χ4v) is 2.45. The summed E-state index contributed by atoms with van der Waals surface area (Å²) in [5, 5.41) is 1.51. The Bertz CT molecular complexity index is 320. The van der Waals surface area contributed by atoms with Gasteiger partial charge in [0.25, 0.3) is 0 Å². The van der Waals surface area contributed by atoms with Crippen LogP contribution >= 0.6 is 39.3 Å². The average molecular weight is 324 g/mol. The van der Waals surface area contributed by atoms with Crippen LogP contribution in [0.4, 0.5) is 0 Å². The van der Waals surface area contributed by atoms with E-state index in [1.807, 2.05) is 30.0 Å². The van der Waals surface area contributed by atoms with Crippen molar-refractivity contribution in [3.05, 3.63) is 28.8 Å². The molecule has 0 saturated carbocycles. The second kappa shape index (κ2) is 8.26. The summed E-state index contributed by atoms with van der Waals surface area (Å²) >= 11 is 11.4. The van der Waals surface area contributed by atoms with Gasteiger partial charge in [-0.05, 0) is 35.6 Å². The fourth-order valence-electron chi connectivity index (χ4n) is 1.23. The first-order valence-corrected chi connectivity index (χ1v) is 7.98. The van der Waals surface area contributed by atoms with Crippen LogP contribution in [0.15, 0.2) is 18.2 Å². The molecule has 0 aliphatic heterocycles. The van der Waals surface area contributed by atoms with Crippen molar-refractivity contribution in [2.75, 3.05) is 18.1 Å². The Morgan fingerprint density at radius 3 is 2.88 bits per heavy atom. The predicted molar refractivity (Wildman–Crippen MR) is 77.2 cm³/mol. The molecule has 4 heteroatoms. The molecule has 0 saturated heterocycles. The monoisotopic (exact) mass is 322 g/mol. The summed E-state index contributed by atoms with van der Waals surface area (Å²) in [7, 11) is 0. The first-order valence-electron chi connectivity index (χ1n) is 5.33. The molecule has 0 aromatic heterocycles. The summed E-state index contributed by atoms with van der Waals surface area (Å²) in [5.74, 6) is 3.10. The molecule has 0 amide bonds. The summed E-state index contributed by atoms with van der Waals surface area (Å²) < 4.78 is 5.62. The lowest BCUT2D eigenvalue weighted by Crippen LogP contribution is -1.99. The predicted octanol–water partition coefficient (Wildman–Crippen LogP) is 4.76. The lowest BCUT2D eigenvalue weighted by Gasteiger charge is -2.08. The summed E-state index contributed by atoms with van der Waals surface area (Å²) in [5.41, 5.74) is 1.17. The summed E-state index contributed by atoms with van der Waals surface area (Å²) in [6.45, 7) is 2.90. The number of hydrogen-bond donors (Lipinski definition) is 0. The van der Waals surface area contributed by atoms with E-state index in [0.29, 0.717) is 5.02 Å². The van der Waals surface area contributed by atoms with Gasteiger partial charge >= 0.3 is 0 Å². The van der Waals surface area contributed by atoms with E-state index in [1.165, 1.54) is 11.3 Å². The van der Waals surface area contributed by atoms with E-state index in [-0.39, 0.29) is 0 Å². The first-order chi connectivity index (χ1) is 7.77. The second-order valence-electron chi connectivity index (χ2n) is 3.30. The van der Waals surface area contributed by atoms with Gasteiger partial charge in [0.05, 0.1) is 11.6 Å². The lowest BCUT2D eigenvalue weighted by atomic mass is 10.2. The van der Waals surface area contributed by atoms with Crippen molar-refractivity contribution in [3.8, 4) is 5.75 Å². The topological polar surface area (TPSA) is 9.23 Å². The molecule has 0 spiro atoms. The van der Waals surface area contributed by atoms with E-state index >= 15 is 0 Å². The van der Waals surface area contributed by atoms with Crippen LogP contribution in [0, 0.1) is 0 Å². The molecule has 0 N–H and O–H groups in total. The third kappa shape index (κ3) is 4.98. The molecule has 1 aromatic carbocycles. The normalized spacial score (nSPS) is 10.4. The maximum Gasteiger partial charge on any atom is 0.137 e. The maximum atomic E-state index is 6.10. The molecule has 0 aliphatic rings. The van der Waals surface area contributed by atoms with Gasteiger partial charge in [0.15, 0.2) is 0 Å². The Labute approximate surface area is 115 Å². The minimum atomic E-state index is 0.695. The minimum absolute atomic E-state index is 0.695. The number of halogens is 2. The van der Waals surface area contributed by atoms with Crippen molar-refractivity contribution in [3.63, 3.8) is 0 Å². The van der Waals surface area contributed by atoms with Gasteiger partial charge in [0, 0.05) is 5.33 Å². The molecule has 0 bridgehead atoms.